The largest absolute Gasteiger partial charge is 0.439 e. The fraction of sp³-hybridized carbons (Fsp3) is 0.267. The highest BCUT2D eigenvalue weighted by molar-refractivity contribution is 6.30. The van der Waals surface area contributed by atoms with Crippen molar-refractivity contribution in [2.45, 2.75) is 26.7 Å². The second-order valence-corrected chi connectivity index (χ2v) is 5.06. The van der Waals surface area contributed by atoms with E-state index in [4.69, 9.17) is 21.6 Å². The molecule has 0 aliphatic rings. The van der Waals surface area contributed by atoms with E-state index < -0.39 is 0 Å². The Morgan fingerprint density at radius 2 is 2.05 bits per heavy atom. The highest BCUT2D eigenvalue weighted by Crippen LogP contribution is 2.28. The Balaban J connectivity index is 2.40. The average molecular weight is 288 g/mol. The number of benzene rings is 1. The highest BCUT2D eigenvalue weighted by atomic mass is 35.5. The molecule has 0 unspecified atom stereocenters. The first-order chi connectivity index (χ1) is 9.51. The molecule has 4 nitrogen and oxygen atoms in total. The summed E-state index contributed by atoms with van der Waals surface area (Å²) in [5, 5.41) is 9.28. The fourth-order valence-electron chi connectivity index (χ4n) is 1.58. The van der Waals surface area contributed by atoms with Gasteiger partial charge < -0.3 is 4.74 Å². The van der Waals surface area contributed by atoms with E-state index in [2.05, 4.69) is 16.0 Å². The third kappa shape index (κ3) is 3.06. The third-order valence-electron chi connectivity index (χ3n) is 2.75. The summed E-state index contributed by atoms with van der Waals surface area (Å²) < 4.78 is 5.74. The van der Waals surface area contributed by atoms with Crippen molar-refractivity contribution in [2.75, 3.05) is 0 Å². The summed E-state index contributed by atoms with van der Waals surface area (Å²) in [6.07, 6.45) is 0. The second-order valence-electron chi connectivity index (χ2n) is 4.70. The predicted molar refractivity (Wildman–Crippen MR) is 77.1 cm³/mol. The molecule has 0 radical (unpaired) electrons. The molecule has 0 N–H and O–H groups in total. The molecule has 0 fully saturated rings. The third-order valence-corrected chi connectivity index (χ3v) is 3.12. The van der Waals surface area contributed by atoms with Gasteiger partial charge in [0.05, 0.1) is 11.6 Å². The maximum absolute atomic E-state index is 8.89. The van der Waals surface area contributed by atoms with Gasteiger partial charge in [-0.1, -0.05) is 31.5 Å². The Morgan fingerprint density at radius 3 is 2.70 bits per heavy atom. The normalized spacial score (nSPS) is 10.4. The van der Waals surface area contributed by atoms with E-state index in [0.717, 1.165) is 0 Å². The predicted octanol–water partition coefficient (Wildman–Crippen LogP) is 4.23. The zero-order chi connectivity index (χ0) is 14.7. The van der Waals surface area contributed by atoms with Gasteiger partial charge in [-0.3, -0.25) is 0 Å². The summed E-state index contributed by atoms with van der Waals surface area (Å²) in [7, 11) is 0. The number of rotatable bonds is 3. The molecular formula is C15H14ClN3O. The monoisotopic (exact) mass is 287 g/mol. The van der Waals surface area contributed by atoms with Crippen LogP contribution in [0.5, 0.6) is 11.6 Å². The maximum atomic E-state index is 8.89. The molecule has 0 amide bonds. The molecule has 0 saturated heterocycles. The maximum Gasteiger partial charge on any atom is 0.226 e. The highest BCUT2D eigenvalue weighted by Gasteiger charge is 2.13. The number of ether oxygens (including phenoxy) is 1. The van der Waals surface area contributed by atoms with Crippen LogP contribution in [-0.4, -0.2) is 9.97 Å². The van der Waals surface area contributed by atoms with E-state index in [0.29, 0.717) is 33.7 Å². The van der Waals surface area contributed by atoms with Crippen LogP contribution in [0.1, 0.15) is 36.7 Å². The van der Waals surface area contributed by atoms with Crippen molar-refractivity contribution in [1.82, 2.24) is 9.97 Å². The van der Waals surface area contributed by atoms with Crippen molar-refractivity contribution in [1.29, 1.82) is 5.26 Å². The summed E-state index contributed by atoms with van der Waals surface area (Å²) in [6.45, 7) is 5.78. The van der Waals surface area contributed by atoms with Crippen molar-refractivity contribution in [3.05, 3.63) is 46.4 Å². The van der Waals surface area contributed by atoms with Crippen molar-refractivity contribution in [3.63, 3.8) is 0 Å². The summed E-state index contributed by atoms with van der Waals surface area (Å²) in [5.74, 6) is 1.76. The molecule has 0 bridgehead atoms. The van der Waals surface area contributed by atoms with Gasteiger partial charge >= 0.3 is 0 Å². The number of hydrogen-bond acceptors (Lipinski definition) is 4. The minimum Gasteiger partial charge on any atom is -0.439 e. The van der Waals surface area contributed by atoms with Crippen LogP contribution in [0.25, 0.3) is 0 Å². The Hall–Kier alpha value is -2.12. The van der Waals surface area contributed by atoms with Gasteiger partial charge in [0.25, 0.3) is 0 Å². The molecule has 102 valence electrons. The number of hydrogen-bond donors (Lipinski definition) is 0. The van der Waals surface area contributed by atoms with E-state index in [1.807, 2.05) is 13.8 Å². The molecule has 5 heteroatoms. The Labute approximate surface area is 123 Å². The molecular weight excluding hydrogens is 274 g/mol. The fourth-order valence-corrected chi connectivity index (χ4v) is 1.75. The van der Waals surface area contributed by atoms with Crippen molar-refractivity contribution >= 4 is 11.6 Å². The van der Waals surface area contributed by atoms with Gasteiger partial charge in [-0.25, -0.2) is 4.98 Å². The van der Waals surface area contributed by atoms with Crippen LogP contribution < -0.4 is 4.74 Å². The summed E-state index contributed by atoms with van der Waals surface area (Å²) in [5.41, 5.74) is 1.21. The molecule has 0 aliphatic heterocycles. The zero-order valence-corrected chi connectivity index (χ0v) is 12.3. The van der Waals surface area contributed by atoms with Gasteiger partial charge in [0, 0.05) is 11.5 Å². The van der Waals surface area contributed by atoms with E-state index >= 15 is 0 Å². The lowest BCUT2D eigenvalue weighted by atomic mass is 10.2. The number of aromatic nitrogens is 2. The topological polar surface area (TPSA) is 58.8 Å². The first kappa shape index (κ1) is 14.3. The van der Waals surface area contributed by atoms with Crippen molar-refractivity contribution in [3.8, 4) is 17.7 Å². The van der Waals surface area contributed by atoms with Gasteiger partial charge in [-0.05, 0) is 25.1 Å². The quantitative estimate of drug-likeness (QED) is 0.793. The van der Waals surface area contributed by atoms with Crippen LogP contribution in [0.2, 0.25) is 5.15 Å². The SMILES string of the molecule is Cc1c(Cl)nc(C(C)C)nc1Oc1cccc(C#N)c1. The van der Waals surface area contributed by atoms with Gasteiger partial charge in [0.2, 0.25) is 5.88 Å². The Kier molecular flexibility index (Phi) is 4.21. The van der Waals surface area contributed by atoms with Crippen LogP contribution in [0, 0.1) is 18.3 Å². The minimum absolute atomic E-state index is 0.154. The van der Waals surface area contributed by atoms with Crippen LogP contribution >= 0.6 is 11.6 Å². The molecule has 2 rings (SSSR count). The number of nitrogens with zero attached hydrogens (tertiary/aromatic N) is 3. The Bertz CT molecular complexity index is 677. The van der Waals surface area contributed by atoms with Crippen LogP contribution in [0.15, 0.2) is 24.3 Å². The number of halogens is 1. The summed E-state index contributed by atoms with van der Waals surface area (Å²) in [4.78, 5) is 8.61. The molecule has 0 spiro atoms. The first-order valence-corrected chi connectivity index (χ1v) is 6.61. The van der Waals surface area contributed by atoms with E-state index in [1.54, 1.807) is 31.2 Å². The lowest BCUT2D eigenvalue weighted by Gasteiger charge is -2.12. The molecule has 0 saturated carbocycles. The molecule has 20 heavy (non-hydrogen) atoms. The summed E-state index contributed by atoms with van der Waals surface area (Å²) >= 11 is 6.10. The first-order valence-electron chi connectivity index (χ1n) is 6.23. The summed E-state index contributed by atoms with van der Waals surface area (Å²) in [6, 6.07) is 8.97. The van der Waals surface area contributed by atoms with Gasteiger partial charge in [-0.15, -0.1) is 0 Å². The van der Waals surface area contributed by atoms with Gasteiger partial charge in [0.1, 0.15) is 16.7 Å². The van der Waals surface area contributed by atoms with Crippen molar-refractivity contribution < 1.29 is 4.74 Å². The molecule has 0 atom stereocenters. The average Bonchev–Trinajstić information content (AvgIpc) is 2.43. The van der Waals surface area contributed by atoms with Crippen LogP contribution in [0.3, 0.4) is 0 Å². The lowest BCUT2D eigenvalue weighted by Crippen LogP contribution is -2.02. The lowest BCUT2D eigenvalue weighted by molar-refractivity contribution is 0.452. The second kappa shape index (κ2) is 5.89. The molecule has 1 heterocycles. The zero-order valence-electron chi connectivity index (χ0n) is 11.5. The van der Waals surface area contributed by atoms with Gasteiger partial charge in [-0.2, -0.15) is 10.2 Å². The van der Waals surface area contributed by atoms with E-state index in [1.165, 1.54) is 0 Å². The van der Waals surface area contributed by atoms with E-state index in [-0.39, 0.29) is 5.92 Å². The molecule has 1 aromatic carbocycles. The Morgan fingerprint density at radius 1 is 1.30 bits per heavy atom. The molecule has 2 aromatic rings. The standard InChI is InChI=1S/C15H14ClN3O/c1-9(2)14-18-13(16)10(3)15(19-14)20-12-6-4-5-11(7-12)8-17/h4-7,9H,1-3H3. The minimum atomic E-state index is 0.154. The van der Waals surface area contributed by atoms with E-state index in [9.17, 15) is 0 Å². The van der Waals surface area contributed by atoms with Crippen LogP contribution in [0.4, 0.5) is 0 Å². The van der Waals surface area contributed by atoms with Crippen molar-refractivity contribution in [2.24, 2.45) is 0 Å². The van der Waals surface area contributed by atoms with Crippen LogP contribution in [-0.2, 0) is 0 Å². The van der Waals surface area contributed by atoms with Gasteiger partial charge in [0.15, 0.2) is 0 Å². The number of nitriles is 1. The smallest absolute Gasteiger partial charge is 0.226 e. The molecule has 0 aliphatic carbocycles. The molecule has 1 aromatic heterocycles.